The van der Waals surface area contributed by atoms with Gasteiger partial charge in [-0.05, 0) is 32.6 Å². The minimum atomic E-state index is -1.79. The third-order valence-electron chi connectivity index (χ3n) is 3.07. The van der Waals surface area contributed by atoms with Crippen LogP contribution in [0.3, 0.4) is 0 Å². The molecule has 0 radical (unpaired) electrons. The lowest BCUT2D eigenvalue weighted by Gasteiger charge is -2.24. The maximum atomic E-state index is 11.3. The number of aliphatic carboxylic acids is 2. The van der Waals surface area contributed by atoms with Gasteiger partial charge in [0.1, 0.15) is 0 Å². The first-order valence-corrected chi connectivity index (χ1v) is 6.09. The molecule has 4 nitrogen and oxygen atoms in total. The maximum absolute atomic E-state index is 11.3. The van der Waals surface area contributed by atoms with Gasteiger partial charge in [-0.15, -0.1) is 6.58 Å². The second-order valence-electron chi connectivity index (χ2n) is 4.60. The van der Waals surface area contributed by atoms with Crippen molar-refractivity contribution in [3.63, 3.8) is 0 Å². The fourth-order valence-corrected chi connectivity index (χ4v) is 1.86. The van der Waals surface area contributed by atoms with Crippen molar-refractivity contribution < 1.29 is 19.8 Å². The molecule has 0 unspecified atom stereocenters. The highest BCUT2D eigenvalue weighted by Gasteiger charge is 2.45. The lowest BCUT2D eigenvalue weighted by molar-refractivity contribution is -0.164. The van der Waals surface area contributed by atoms with Gasteiger partial charge in [0, 0.05) is 0 Å². The Labute approximate surface area is 108 Å². The van der Waals surface area contributed by atoms with E-state index in [2.05, 4.69) is 6.58 Å². The highest BCUT2D eigenvalue weighted by atomic mass is 16.4. The molecule has 0 aliphatic carbocycles. The van der Waals surface area contributed by atoms with Crippen molar-refractivity contribution in [2.24, 2.45) is 5.41 Å². The molecule has 0 aliphatic heterocycles. The summed E-state index contributed by atoms with van der Waals surface area (Å²) in [7, 11) is 0. The molecular weight excluding hydrogens is 232 g/mol. The minimum absolute atomic E-state index is 0.00153. The van der Waals surface area contributed by atoms with E-state index in [1.807, 2.05) is 13.8 Å². The van der Waals surface area contributed by atoms with Crippen molar-refractivity contribution in [1.82, 2.24) is 0 Å². The van der Waals surface area contributed by atoms with Gasteiger partial charge in [0.05, 0.1) is 0 Å². The maximum Gasteiger partial charge on any atom is 0.321 e. The van der Waals surface area contributed by atoms with Gasteiger partial charge in [0.25, 0.3) is 0 Å². The summed E-state index contributed by atoms with van der Waals surface area (Å²) in [6.45, 7) is 9.21. The van der Waals surface area contributed by atoms with Crippen molar-refractivity contribution in [3.05, 3.63) is 23.8 Å². The van der Waals surface area contributed by atoms with Crippen molar-refractivity contribution in [1.29, 1.82) is 0 Å². The molecule has 2 N–H and O–H groups in total. The molecule has 0 spiro atoms. The second kappa shape index (κ2) is 6.99. The second-order valence-corrected chi connectivity index (χ2v) is 4.60. The van der Waals surface area contributed by atoms with Gasteiger partial charge < -0.3 is 10.2 Å². The van der Waals surface area contributed by atoms with Crippen LogP contribution in [0.4, 0.5) is 0 Å². The van der Waals surface area contributed by atoms with Crippen LogP contribution < -0.4 is 0 Å². The lowest BCUT2D eigenvalue weighted by atomic mass is 9.78. The van der Waals surface area contributed by atoms with Gasteiger partial charge in [-0.3, -0.25) is 9.59 Å². The van der Waals surface area contributed by atoms with Gasteiger partial charge in [-0.25, -0.2) is 0 Å². The Morgan fingerprint density at radius 3 is 1.89 bits per heavy atom. The Kier molecular flexibility index (Phi) is 6.37. The molecule has 0 aliphatic rings. The SMILES string of the molecule is C=C(C)CC(CC=C(CC)CC)(C(=O)O)C(=O)O. The fraction of sp³-hybridized carbons (Fsp3) is 0.571. The summed E-state index contributed by atoms with van der Waals surface area (Å²) >= 11 is 0. The molecule has 4 heteroatoms. The molecule has 0 saturated heterocycles. The number of carboxylic acid groups (broad SMARTS) is 2. The van der Waals surface area contributed by atoms with Crippen LogP contribution in [-0.2, 0) is 9.59 Å². The summed E-state index contributed by atoms with van der Waals surface area (Å²) < 4.78 is 0. The number of rotatable bonds is 8. The molecule has 102 valence electrons. The minimum Gasteiger partial charge on any atom is -0.480 e. The number of carbonyl (C=O) groups is 2. The third kappa shape index (κ3) is 4.02. The summed E-state index contributed by atoms with van der Waals surface area (Å²) in [5.74, 6) is -2.61. The standard InChI is InChI=1S/C14H22O4/c1-5-11(6-2)7-8-14(12(15)16,13(17)18)9-10(3)4/h7H,3,5-6,8-9H2,1-2,4H3,(H,15,16)(H,17,18). The van der Waals surface area contributed by atoms with Crippen molar-refractivity contribution in [2.75, 3.05) is 0 Å². The molecule has 0 atom stereocenters. The van der Waals surface area contributed by atoms with E-state index in [1.165, 1.54) is 0 Å². The largest absolute Gasteiger partial charge is 0.480 e. The van der Waals surface area contributed by atoms with Gasteiger partial charge in [-0.2, -0.15) is 0 Å². The average Bonchev–Trinajstić information content (AvgIpc) is 2.27. The highest BCUT2D eigenvalue weighted by Crippen LogP contribution is 2.32. The van der Waals surface area contributed by atoms with Gasteiger partial charge in [-0.1, -0.05) is 31.1 Å². The molecule has 0 amide bonds. The Balaban J connectivity index is 5.32. The predicted molar refractivity (Wildman–Crippen MR) is 70.4 cm³/mol. The monoisotopic (exact) mass is 254 g/mol. The third-order valence-corrected chi connectivity index (χ3v) is 3.07. The number of hydrogen-bond acceptors (Lipinski definition) is 2. The molecule has 18 heavy (non-hydrogen) atoms. The Hall–Kier alpha value is -1.58. The normalized spacial score (nSPS) is 10.8. The van der Waals surface area contributed by atoms with E-state index in [0.717, 1.165) is 18.4 Å². The van der Waals surface area contributed by atoms with E-state index in [1.54, 1.807) is 13.0 Å². The van der Waals surface area contributed by atoms with E-state index in [0.29, 0.717) is 5.57 Å². The summed E-state index contributed by atoms with van der Waals surface area (Å²) in [5.41, 5.74) is -0.159. The molecule has 0 fully saturated rings. The van der Waals surface area contributed by atoms with Crippen molar-refractivity contribution in [2.45, 2.75) is 46.5 Å². The quantitative estimate of drug-likeness (QED) is 0.515. The van der Waals surface area contributed by atoms with Crippen molar-refractivity contribution >= 4 is 11.9 Å². The van der Waals surface area contributed by atoms with E-state index in [4.69, 9.17) is 0 Å². The first-order chi connectivity index (χ1) is 8.30. The zero-order valence-electron chi connectivity index (χ0n) is 11.3. The lowest BCUT2D eigenvalue weighted by Crippen LogP contribution is -2.39. The van der Waals surface area contributed by atoms with Crippen molar-refractivity contribution in [3.8, 4) is 0 Å². The first-order valence-electron chi connectivity index (χ1n) is 6.09. The van der Waals surface area contributed by atoms with Gasteiger partial charge in [0.15, 0.2) is 5.41 Å². The average molecular weight is 254 g/mol. The van der Waals surface area contributed by atoms with Crippen LogP contribution >= 0.6 is 0 Å². The smallest absolute Gasteiger partial charge is 0.321 e. The predicted octanol–water partition coefficient (Wildman–Crippen LogP) is 3.24. The first kappa shape index (κ1) is 16.4. The topological polar surface area (TPSA) is 74.6 Å². The van der Waals surface area contributed by atoms with Crippen LogP contribution in [0.2, 0.25) is 0 Å². The van der Waals surface area contributed by atoms with Crippen LogP contribution in [0.15, 0.2) is 23.8 Å². The zero-order chi connectivity index (χ0) is 14.3. The summed E-state index contributed by atoms with van der Waals surface area (Å²) in [6, 6.07) is 0. The van der Waals surface area contributed by atoms with Crippen LogP contribution in [0.5, 0.6) is 0 Å². The molecule has 0 aromatic rings. The van der Waals surface area contributed by atoms with Crippen LogP contribution in [-0.4, -0.2) is 22.2 Å². The van der Waals surface area contributed by atoms with Crippen LogP contribution in [0, 0.1) is 5.41 Å². The summed E-state index contributed by atoms with van der Waals surface area (Å²) in [5, 5.41) is 18.5. The molecule has 0 aromatic heterocycles. The molecule has 0 bridgehead atoms. The Morgan fingerprint density at radius 2 is 1.61 bits per heavy atom. The van der Waals surface area contributed by atoms with Gasteiger partial charge in [0.2, 0.25) is 0 Å². The van der Waals surface area contributed by atoms with Gasteiger partial charge >= 0.3 is 11.9 Å². The number of hydrogen-bond donors (Lipinski definition) is 2. The summed E-state index contributed by atoms with van der Waals surface area (Å²) in [6.07, 6.45) is 3.30. The Morgan fingerprint density at radius 1 is 1.17 bits per heavy atom. The fourth-order valence-electron chi connectivity index (χ4n) is 1.86. The molecule has 0 heterocycles. The van der Waals surface area contributed by atoms with E-state index < -0.39 is 17.4 Å². The van der Waals surface area contributed by atoms with E-state index in [9.17, 15) is 19.8 Å². The number of carboxylic acids is 2. The van der Waals surface area contributed by atoms with E-state index >= 15 is 0 Å². The molecule has 0 aromatic carbocycles. The van der Waals surface area contributed by atoms with E-state index in [-0.39, 0.29) is 12.8 Å². The van der Waals surface area contributed by atoms with Crippen LogP contribution in [0.1, 0.15) is 46.5 Å². The molecule has 0 rings (SSSR count). The molecular formula is C14H22O4. The Bertz CT molecular complexity index is 346. The zero-order valence-corrected chi connectivity index (χ0v) is 11.3. The molecule has 0 saturated carbocycles. The van der Waals surface area contributed by atoms with Crippen LogP contribution in [0.25, 0.3) is 0 Å². The summed E-state index contributed by atoms with van der Waals surface area (Å²) in [4.78, 5) is 22.7. The highest BCUT2D eigenvalue weighted by molar-refractivity contribution is 5.98. The number of allylic oxidation sites excluding steroid dienone is 3.